The zero-order valence-electron chi connectivity index (χ0n) is 13.5. The lowest BCUT2D eigenvalue weighted by molar-refractivity contribution is 0.468. The SMILES string of the molecule is Oc1ccc2ncccc2c1[C@@H](Nc1ccccn1)c1ccccc1. The first-order valence-corrected chi connectivity index (χ1v) is 8.12. The average Bonchev–Trinajstić information content (AvgIpc) is 2.68. The summed E-state index contributed by atoms with van der Waals surface area (Å²) in [6.07, 6.45) is 3.50. The van der Waals surface area contributed by atoms with Gasteiger partial charge in [0.1, 0.15) is 11.6 Å². The Kier molecular flexibility index (Phi) is 4.01. The van der Waals surface area contributed by atoms with Crippen LogP contribution in [-0.4, -0.2) is 15.1 Å². The maximum atomic E-state index is 10.6. The van der Waals surface area contributed by atoms with E-state index in [0.29, 0.717) is 0 Å². The molecule has 0 saturated heterocycles. The Hall–Kier alpha value is -3.40. The third-order valence-electron chi connectivity index (χ3n) is 4.18. The van der Waals surface area contributed by atoms with Gasteiger partial charge in [0.15, 0.2) is 0 Å². The summed E-state index contributed by atoms with van der Waals surface area (Å²) >= 11 is 0. The number of nitrogens with one attached hydrogen (secondary N) is 1. The van der Waals surface area contributed by atoms with Gasteiger partial charge in [-0.1, -0.05) is 42.5 Å². The summed E-state index contributed by atoms with van der Waals surface area (Å²) in [7, 11) is 0. The molecule has 0 spiro atoms. The Morgan fingerprint density at radius 2 is 1.56 bits per heavy atom. The summed E-state index contributed by atoms with van der Waals surface area (Å²) in [6, 6.07) is 22.9. The van der Waals surface area contributed by atoms with Gasteiger partial charge in [0.25, 0.3) is 0 Å². The number of rotatable bonds is 4. The van der Waals surface area contributed by atoms with Gasteiger partial charge in [-0.05, 0) is 35.9 Å². The first-order chi connectivity index (χ1) is 12.3. The summed E-state index contributed by atoms with van der Waals surface area (Å²) in [5.41, 5.74) is 2.68. The molecule has 2 heterocycles. The van der Waals surface area contributed by atoms with Crippen LogP contribution in [0.3, 0.4) is 0 Å². The average molecular weight is 327 g/mol. The number of phenols is 1. The second kappa shape index (κ2) is 6.61. The molecule has 122 valence electrons. The molecule has 2 aromatic carbocycles. The molecule has 4 heteroatoms. The van der Waals surface area contributed by atoms with Crippen LogP contribution in [0.25, 0.3) is 10.9 Å². The molecule has 0 unspecified atom stereocenters. The van der Waals surface area contributed by atoms with Crippen LogP contribution in [-0.2, 0) is 0 Å². The van der Waals surface area contributed by atoms with Crippen molar-refractivity contribution < 1.29 is 5.11 Å². The maximum Gasteiger partial charge on any atom is 0.126 e. The maximum absolute atomic E-state index is 10.6. The molecule has 0 bridgehead atoms. The lowest BCUT2D eigenvalue weighted by atomic mass is 9.94. The molecule has 0 aliphatic carbocycles. The van der Waals surface area contributed by atoms with Gasteiger partial charge < -0.3 is 10.4 Å². The van der Waals surface area contributed by atoms with Crippen molar-refractivity contribution in [3.05, 3.63) is 96.3 Å². The van der Waals surface area contributed by atoms with Gasteiger partial charge in [-0.2, -0.15) is 0 Å². The number of phenolic OH excluding ortho intramolecular Hbond substituents is 1. The van der Waals surface area contributed by atoms with Crippen LogP contribution in [0, 0.1) is 0 Å². The quantitative estimate of drug-likeness (QED) is 0.578. The molecule has 4 aromatic rings. The zero-order chi connectivity index (χ0) is 17.1. The molecule has 4 rings (SSSR count). The van der Waals surface area contributed by atoms with E-state index in [9.17, 15) is 5.11 Å². The minimum absolute atomic E-state index is 0.234. The van der Waals surface area contributed by atoms with Gasteiger partial charge in [0, 0.05) is 23.3 Å². The van der Waals surface area contributed by atoms with Gasteiger partial charge >= 0.3 is 0 Å². The number of pyridine rings is 2. The van der Waals surface area contributed by atoms with Crippen molar-refractivity contribution in [3.8, 4) is 5.75 Å². The molecule has 1 atom stereocenters. The highest BCUT2D eigenvalue weighted by atomic mass is 16.3. The van der Waals surface area contributed by atoms with Gasteiger partial charge in [0.2, 0.25) is 0 Å². The van der Waals surface area contributed by atoms with Crippen molar-refractivity contribution in [2.24, 2.45) is 0 Å². The second-order valence-corrected chi connectivity index (χ2v) is 5.77. The van der Waals surface area contributed by atoms with E-state index in [1.165, 1.54) is 0 Å². The van der Waals surface area contributed by atoms with E-state index in [1.54, 1.807) is 18.5 Å². The van der Waals surface area contributed by atoms with Gasteiger partial charge in [-0.25, -0.2) is 4.98 Å². The molecular weight excluding hydrogens is 310 g/mol. The van der Waals surface area contributed by atoms with Crippen molar-refractivity contribution in [1.29, 1.82) is 0 Å². The molecule has 0 amide bonds. The van der Waals surface area contributed by atoms with Crippen molar-refractivity contribution in [1.82, 2.24) is 9.97 Å². The Labute approximate surface area is 145 Å². The highest BCUT2D eigenvalue weighted by Crippen LogP contribution is 2.36. The number of hydrogen-bond donors (Lipinski definition) is 2. The minimum atomic E-state index is -0.246. The number of fused-ring (bicyclic) bond motifs is 1. The van der Waals surface area contributed by atoms with Crippen LogP contribution < -0.4 is 5.32 Å². The number of aromatic hydroxyl groups is 1. The van der Waals surface area contributed by atoms with Gasteiger partial charge in [-0.3, -0.25) is 4.98 Å². The summed E-state index contributed by atoms with van der Waals surface area (Å²) < 4.78 is 0. The molecule has 2 N–H and O–H groups in total. The van der Waals surface area contributed by atoms with Crippen LogP contribution in [0.2, 0.25) is 0 Å². The van der Waals surface area contributed by atoms with E-state index < -0.39 is 0 Å². The van der Waals surface area contributed by atoms with Crippen LogP contribution in [0.4, 0.5) is 5.82 Å². The first-order valence-electron chi connectivity index (χ1n) is 8.12. The number of anilines is 1. The van der Waals surface area contributed by atoms with Crippen molar-refractivity contribution in [2.75, 3.05) is 5.32 Å². The van der Waals surface area contributed by atoms with Crippen LogP contribution in [0.5, 0.6) is 5.75 Å². The molecule has 25 heavy (non-hydrogen) atoms. The number of benzene rings is 2. The normalized spacial score (nSPS) is 12.0. The first kappa shape index (κ1) is 15.1. The fourth-order valence-electron chi connectivity index (χ4n) is 3.03. The van der Waals surface area contributed by atoms with Crippen molar-refractivity contribution >= 4 is 16.7 Å². The smallest absolute Gasteiger partial charge is 0.126 e. The summed E-state index contributed by atoms with van der Waals surface area (Å²) in [6.45, 7) is 0. The Morgan fingerprint density at radius 3 is 2.36 bits per heavy atom. The molecule has 0 radical (unpaired) electrons. The van der Waals surface area contributed by atoms with Crippen LogP contribution in [0.1, 0.15) is 17.2 Å². The lowest BCUT2D eigenvalue weighted by Gasteiger charge is -2.22. The molecule has 0 aliphatic heterocycles. The summed E-state index contributed by atoms with van der Waals surface area (Å²) in [4.78, 5) is 8.78. The van der Waals surface area contributed by atoms with E-state index in [2.05, 4.69) is 15.3 Å². The fraction of sp³-hybridized carbons (Fsp3) is 0.0476. The van der Waals surface area contributed by atoms with E-state index in [-0.39, 0.29) is 11.8 Å². The van der Waals surface area contributed by atoms with Crippen molar-refractivity contribution in [2.45, 2.75) is 6.04 Å². The van der Waals surface area contributed by atoms with Gasteiger partial charge in [-0.15, -0.1) is 0 Å². The number of nitrogens with zero attached hydrogens (tertiary/aromatic N) is 2. The highest BCUT2D eigenvalue weighted by Gasteiger charge is 2.21. The monoisotopic (exact) mass is 327 g/mol. The third-order valence-corrected chi connectivity index (χ3v) is 4.18. The Bertz CT molecular complexity index is 988. The fourth-order valence-corrected chi connectivity index (χ4v) is 3.03. The molecule has 4 nitrogen and oxygen atoms in total. The Morgan fingerprint density at radius 1 is 0.760 bits per heavy atom. The predicted octanol–water partition coefficient (Wildman–Crippen LogP) is 4.54. The topological polar surface area (TPSA) is 58.0 Å². The molecule has 0 saturated carbocycles. The third kappa shape index (κ3) is 3.02. The summed E-state index contributed by atoms with van der Waals surface area (Å²) in [5.74, 6) is 0.981. The molecule has 0 fully saturated rings. The van der Waals surface area contributed by atoms with E-state index in [4.69, 9.17) is 0 Å². The Balaban J connectivity index is 1.91. The van der Waals surface area contributed by atoms with E-state index in [0.717, 1.165) is 27.8 Å². The van der Waals surface area contributed by atoms with Crippen LogP contribution in [0.15, 0.2) is 85.2 Å². The van der Waals surface area contributed by atoms with Gasteiger partial charge in [0.05, 0.1) is 11.6 Å². The molecule has 0 aliphatic rings. The van der Waals surface area contributed by atoms with E-state index >= 15 is 0 Å². The zero-order valence-corrected chi connectivity index (χ0v) is 13.5. The van der Waals surface area contributed by atoms with Crippen LogP contribution >= 0.6 is 0 Å². The molecule has 2 aromatic heterocycles. The largest absolute Gasteiger partial charge is 0.508 e. The summed E-state index contributed by atoms with van der Waals surface area (Å²) in [5, 5.41) is 15.0. The van der Waals surface area contributed by atoms with Crippen molar-refractivity contribution in [3.63, 3.8) is 0 Å². The van der Waals surface area contributed by atoms with E-state index in [1.807, 2.05) is 66.7 Å². The lowest BCUT2D eigenvalue weighted by Crippen LogP contribution is -2.14. The second-order valence-electron chi connectivity index (χ2n) is 5.77. The predicted molar refractivity (Wildman–Crippen MR) is 99.6 cm³/mol. The number of hydrogen-bond acceptors (Lipinski definition) is 4. The minimum Gasteiger partial charge on any atom is -0.508 e. The standard InChI is InChI=1S/C21H17N3O/c25-18-12-11-17-16(9-6-14-22-17)20(18)21(15-7-2-1-3-8-15)24-19-10-4-5-13-23-19/h1-14,21,25H,(H,23,24)/t21-/m0/s1. The highest BCUT2D eigenvalue weighted by molar-refractivity contribution is 5.86. The molecular formula is C21H17N3O. The number of aromatic nitrogens is 2.